The van der Waals surface area contributed by atoms with Crippen molar-refractivity contribution in [1.82, 2.24) is 0 Å². The first-order chi connectivity index (χ1) is 9.07. The lowest BCUT2D eigenvalue weighted by molar-refractivity contribution is 0.00578. The maximum absolute atomic E-state index is 14.2. The largest absolute Gasteiger partial charge is 0.497 e. The minimum Gasteiger partial charge on any atom is -0.399 e. The van der Waals surface area contributed by atoms with Crippen molar-refractivity contribution in [1.29, 1.82) is 0 Å². The maximum Gasteiger partial charge on any atom is 0.497 e. The molecule has 1 aliphatic heterocycles. The molecule has 110 valence electrons. The standard InChI is InChI=1S/C13H15BClF3O2/c1-12(2)13(3,4)20-14(19-12)7-5-6-8(15)9(10(7)16)11(17)18/h5-6,11H,1-4H3. The second kappa shape index (κ2) is 4.93. The second-order valence-corrected chi connectivity index (χ2v) is 6.16. The fraction of sp³-hybridized carbons (Fsp3) is 0.538. The minimum absolute atomic E-state index is 0.0663. The maximum atomic E-state index is 14.2. The predicted octanol–water partition coefficient (Wildman–Crippen LogP) is 3.72. The van der Waals surface area contributed by atoms with Gasteiger partial charge in [-0.15, -0.1) is 0 Å². The molecule has 7 heteroatoms. The Bertz CT molecular complexity index is 519. The van der Waals surface area contributed by atoms with Crippen molar-refractivity contribution in [2.45, 2.75) is 45.3 Å². The lowest BCUT2D eigenvalue weighted by atomic mass is 9.78. The third-order valence-electron chi connectivity index (χ3n) is 3.88. The fourth-order valence-electron chi connectivity index (χ4n) is 1.94. The zero-order valence-electron chi connectivity index (χ0n) is 11.6. The van der Waals surface area contributed by atoms with Gasteiger partial charge in [-0.3, -0.25) is 0 Å². The van der Waals surface area contributed by atoms with E-state index in [1.807, 2.05) is 0 Å². The monoisotopic (exact) mass is 306 g/mol. The van der Waals surface area contributed by atoms with Crippen molar-refractivity contribution in [3.8, 4) is 0 Å². The molecule has 1 aromatic rings. The lowest BCUT2D eigenvalue weighted by Gasteiger charge is -2.32. The summed E-state index contributed by atoms with van der Waals surface area (Å²) in [6.07, 6.45) is -3.00. The Morgan fingerprint density at radius 3 is 2.05 bits per heavy atom. The molecule has 1 aromatic carbocycles. The Kier molecular flexibility index (Phi) is 3.86. The van der Waals surface area contributed by atoms with Crippen molar-refractivity contribution in [2.24, 2.45) is 0 Å². The summed E-state index contributed by atoms with van der Waals surface area (Å²) in [7, 11) is -1.03. The number of halogens is 4. The van der Waals surface area contributed by atoms with Gasteiger partial charge in [-0.25, -0.2) is 13.2 Å². The molecule has 2 rings (SSSR count). The van der Waals surface area contributed by atoms with Gasteiger partial charge < -0.3 is 9.31 Å². The molecule has 0 aromatic heterocycles. The molecule has 1 saturated heterocycles. The highest BCUT2D eigenvalue weighted by Gasteiger charge is 2.52. The van der Waals surface area contributed by atoms with Crippen LogP contribution in [0.5, 0.6) is 0 Å². The van der Waals surface area contributed by atoms with Crippen LogP contribution in [0.15, 0.2) is 12.1 Å². The summed E-state index contributed by atoms with van der Waals surface area (Å²) in [6, 6.07) is 2.54. The van der Waals surface area contributed by atoms with Crippen LogP contribution < -0.4 is 5.46 Å². The molecule has 0 bridgehead atoms. The molecular formula is C13H15BClF3O2. The highest BCUT2D eigenvalue weighted by molar-refractivity contribution is 6.62. The highest BCUT2D eigenvalue weighted by atomic mass is 35.5. The summed E-state index contributed by atoms with van der Waals surface area (Å²) < 4.78 is 51.2. The SMILES string of the molecule is CC1(C)OB(c2ccc(Cl)c(C(F)F)c2F)OC1(C)C. The molecule has 0 amide bonds. The molecule has 1 heterocycles. The van der Waals surface area contributed by atoms with E-state index in [4.69, 9.17) is 20.9 Å². The molecule has 0 atom stereocenters. The molecule has 2 nitrogen and oxygen atoms in total. The van der Waals surface area contributed by atoms with Gasteiger partial charge >= 0.3 is 7.12 Å². The van der Waals surface area contributed by atoms with E-state index in [0.29, 0.717) is 0 Å². The molecule has 0 saturated carbocycles. The van der Waals surface area contributed by atoms with Crippen molar-refractivity contribution in [3.05, 3.63) is 28.5 Å². The zero-order chi connectivity index (χ0) is 15.3. The first kappa shape index (κ1) is 15.7. The number of hydrogen-bond acceptors (Lipinski definition) is 2. The van der Waals surface area contributed by atoms with E-state index in [1.54, 1.807) is 27.7 Å². The van der Waals surface area contributed by atoms with Gasteiger partial charge in [0.2, 0.25) is 0 Å². The van der Waals surface area contributed by atoms with Gasteiger partial charge in [0.05, 0.1) is 21.8 Å². The van der Waals surface area contributed by atoms with E-state index in [1.165, 1.54) is 12.1 Å². The van der Waals surface area contributed by atoms with E-state index in [2.05, 4.69) is 0 Å². The van der Waals surface area contributed by atoms with Crippen LogP contribution in [-0.2, 0) is 9.31 Å². The van der Waals surface area contributed by atoms with Crippen LogP contribution >= 0.6 is 11.6 Å². The van der Waals surface area contributed by atoms with E-state index in [0.717, 1.165) is 0 Å². The summed E-state index contributed by atoms with van der Waals surface area (Å²) >= 11 is 5.61. The van der Waals surface area contributed by atoms with Gasteiger partial charge in [-0.2, -0.15) is 0 Å². The third-order valence-corrected chi connectivity index (χ3v) is 4.21. The molecule has 1 fully saturated rings. The molecule has 1 aliphatic rings. The van der Waals surface area contributed by atoms with Crippen LogP contribution in [0.25, 0.3) is 0 Å². The summed E-state index contributed by atoms with van der Waals surface area (Å²) in [4.78, 5) is 0. The van der Waals surface area contributed by atoms with Gasteiger partial charge in [0, 0.05) is 5.46 Å². The summed E-state index contributed by atoms with van der Waals surface area (Å²) in [5.41, 5.74) is -2.23. The number of benzene rings is 1. The normalized spacial score (nSPS) is 20.8. The average Bonchev–Trinajstić information content (AvgIpc) is 2.47. The number of hydrogen-bond donors (Lipinski definition) is 0. The van der Waals surface area contributed by atoms with Gasteiger partial charge in [0.15, 0.2) is 0 Å². The minimum atomic E-state index is -3.00. The van der Waals surface area contributed by atoms with E-state index < -0.39 is 36.1 Å². The van der Waals surface area contributed by atoms with E-state index in [-0.39, 0.29) is 10.5 Å². The molecule has 0 aliphatic carbocycles. The Balaban J connectivity index is 2.44. The first-order valence-electron chi connectivity index (χ1n) is 6.18. The Labute approximate surface area is 121 Å². The zero-order valence-corrected chi connectivity index (χ0v) is 12.4. The average molecular weight is 307 g/mol. The number of rotatable bonds is 2. The second-order valence-electron chi connectivity index (χ2n) is 5.75. The molecule has 0 unspecified atom stereocenters. The van der Waals surface area contributed by atoms with Crippen molar-refractivity contribution in [2.75, 3.05) is 0 Å². The smallest absolute Gasteiger partial charge is 0.399 e. The van der Waals surface area contributed by atoms with Crippen LogP contribution in [0.1, 0.15) is 39.7 Å². The van der Waals surface area contributed by atoms with Crippen LogP contribution in [0, 0.1) is 5.82 Å². The van der Waals surface area contributed by atoms with Gasteiger partial charge in [-0.1, -0.05) is 17.7 Å². The van der Waals surface area contributed by atoms with E-state index in [9.17, 15) is 13.2 Å². The van der Waals surface area contributed by atoms with Crippen LogP contribution in [-0.4, -0.2) is 18.3 Å². The summed E-state index contributed by atoms with van der Waals surface area (Å²) in [5.74, 6) is -1.08. The number of alkyl halides is 2. The summed E-state index contributed by atoms with van der Waals surface area (Å²) in [6.45, 7) is 7.20. The molecule has 0 N–H and O–H groups in total. The lowest BCUT2D eigenvalue weighted by Crippen LogP contribution is -2.41. The first-order valence-corrected chi connectivity index (χ1v) is 6.56. The highest BCUT2D eigenvalue weighted by Crippen LogP contribution is 2.37. The summed E-state index contributed by atoms with van der Waals surface area (Å²) in [5, 5.41) is -0.308. The van der Waals surface area contributed by atoms with Crippen LogP contribution in [0.2, 0.25) is 5.02 Å². The van der Waals surface area contributed by atoms with Crippen molar-refractivity contribution < 1.29 is 22.5 Å². The van der Waals surface area contributed by atoms with Crippen molar-refractivity contribution in [3.63, 3.8) is 0 Å². The molecule has 20 heavy (non-hydrogen) atoms. The fourth-order valence-corrected chi connectivity index (χ4v) is 2.17. The third kappa shape index (κ3) is 2.45. The van der Waals surface area contributed by atoms with Gasteiger partial charge in [0.1, 0.15) is 5.82 Å². The van der Waals surface area contributed by atoms with Crippen LogP contribution in [0.4, 0.5) is 13.2 Å². The predicted molar refractivity (Wildman–Crippen MR) is 72.1 cm³/mol. The molecule has 0 radical (unpaired) electrons. The Hall–Kier alpha value is -0.715. The Morgan fingerprint density at radius 1 is 1.10 bits per heavy atom. The molecular weight excluding hydrogens is 291 g/mol. The van der Waals surface area contributed by atoms with Gasteiger partial charge in [0.25, 0.3) is 6.43 Å². The van der Waals surface area contributed by atoms with E-state index >= 15 is 0 Å². The topological polar surface area (TPSA) is 18.5 Å². The quantitative estimate of drug-likeness (QED) is 0.775. The van der Waals surface area contributed by atoms with Crippen LogP contribution in [0.3, 0.4) is 0 Å². The molecule has 0 spiro atoms. The van der Waals surface area contributed by atoms with Crippen molar-refractivity contribution >= 4 is 24.2 Å². The Morgan fingerprint density at radius 2 is 1.60 bits per heavy atom. The van der Waals surface area contributed by atoms with Gasteiger partial charge in [-0.05, 0) is 33.8 Å².